The topological polar surface area (TPSA) is 47.6 Å². The van der Waals surface area contributed by atoms with Crippen molar-refractivity contribution in [1.29, 1.82) is 0 Å². The fourth-order valence-electron chi connectivity index (χ4n) is 1.90. The van der Waals surface area contributed by atoms with Gasteiger partial charge < -0.3 is 14.8 Å². The van der Waals surface area contributed by atoms with Crippen molar-refractivity contribution in [3.8, 4) is 11.5 Å². The molecule has 7 heteroatoms. The van der Waals surface area contributed by atoms with Crippen LogP contribution in [0.3, 0.4) is 0 Å². The number of amides is 1. The van der Waals surface area contributed by atoms with Crippen molar-refractivity contribution in [2.45, 2.75) is 20.1 Å². The van der Waals surface area contributed by atoms with Gasteiger partial charge >= 0.3 is 6.61 Å². The number of carbonyl (C=O) groups is 1. The summed E-state index contributed by atoms with van der Waals surface area (Å²) in [4.78, 5) is 11.8. The van der Waals surface area contributed by atoms with Gasteiger partial charge in [0.1, 0.15) is 11.5 Å². The average molecular weight is 356 g/mol. The molecule has 0 atom stereocenters. The van der Waals surface area contributed by atoms with Gasteiger partial charge in [-0.15, -0.1) is 0 Å². The van der Waals surface area contributed by atoms with Gasteiger partial charge in [0.25, 0.3) is 5.91 Å². The van der Waals surface area contributed by atoms with E-state index in [1.165, 1.54) is 12.1 Å². The molecule has 0 saturated carbocycles. The Morgan fingerprint density at radius 3 is 2.46 bits per heavy atom. The third-order valence-corrected chi connectivity index (χ3v) is 3.56. The van der Waals surface area contributed by atoms with Crippen molar-refractivity contribution >= 4 is 17.5 Å². The first-order chi connectivity index (χ1) is 11.4. The molecule has 2 rings (SSSR count). The molecule has 128 valence electrons. The van der Waals surface area contributed by atoms with Crippen LogP contribution in [0.25, 0.3) is 0 Å². The van der Waals surface area contributed by atoms with Crippen LogP contribution >= 0.6 is 11.6 Å². The summed E-state index contributed by atoms with van der Waals surface area (Å²) in [5.74, 6) is 0.331. The largest absolute Gasteiger partial charge is 0.484 e. The van der Waals surface area contributed by atoms with Crippen LogP contribution < -0.4 is 14.8 Å². The van der Waals surface area contributed by atoms with E-state index in [1.807, 2.05) is 6.92 Å². The number of alkyl halides is 2. The second kappa shape index (κ2) is 8.49. The molecule has 0 radical (unpaired) electrons. The first kappa shape index (κ1) is 18.0. The molecule has 2 aromatic rings. The van der Waals surface area contributed by atoms with E-state index in [2.05, 4.69) is 10.1 Å². The highest BCUT2D eigenvalue weighted by Crippen LogP contribution is 2.21. The van der Waals surface area contributed by atoms with Crippen LogP contribution in [0.1, 0.15) is 11.1 Å². The minimum absolute atomic E-state index is 0.0709. The maximum absolute atomic E-state index is 12.0. The van der Waals surface area contributed by atoms with Gasteiger partial charge in [0.15, 0.2) is 6.61 Å². The number of ether oxygens (including phenoxy) is 2. The van der Waals surface area contributed by atoms with E-state index in [1.54, 1.807) is 30.3 Å². The molecule has 1 N–H and O–H groups in total. The molecule has 0 aromatic heterocycles. The fraction of sp³-hybridized carbons (Fsp3) is 0.235. The van der Waals surface area contributed by atoms with Crippen LogP contribution in [0.2, 0.25) is 5.02 Å². The zero-order chi connectivity index (χ0) is 17.5. The predicted octanol–water partition coefficient (Wildman–Crippen LogP) is 3.95. The Hall–Kier alpha value is -2.34. The van der Waals surface area contributed by atoms with Crippen molar-refractivity contribution in [3.05, 3.63) is 58.6 Å². The quantitative estimate of drug-likeness (QED) is 0.818. The molecular formula is C17H16ClF2NO3. The first-order valence-corrected chi connectivity index (χ1v) is 7.51. The van der Waals surface area contributed by atoms with Gasteiger partial charge in [0.2, 0.25) is 0 Å². The Bertz CT molecular complexity index is 693. The monoisotopic (exact) mass is 355 g/mol. The number of rotatable bonds is 7. The lowest BCUT2D eigenvalue weighted by Crippen LogP contribution is -2.28. The maximum atomic E-state index is 12.0. The highest BCUT2D eigenvalue weighted by molar-refractivity contribution is 6.31. The lowest BCUT2D eigenvalue weighted by molar-refractivity contribution is -0.123. The first-order valence-electron chi connectivity index (χ1n) is 7.13. The third-order valence-electron chi connectivity index (χ3n) is 3.14. The van der Waals surface area contributed by atoms with Gasteiger partial charge in [-0.2, -0.15) is 8.78 Å². The molecular weight excluding hydrogens is 340 g/mol. The summed E-state index contributed by atoms with van der Waals surface area (Å²) in [7, 11) is 0. The molecule has 0 saturated heterocycles. The van der Waals surface area contributed by atoms with E-state index in [4.69, 9.17) is 16.3 Å². The van der Waals surface area contributed by atoms with Crippen molar-refractivity contribution in [2.75, 3.05) is 6.61 Å². The maximum Gasteiger partial charge on any atom is 0.387 e. The van der Waals surface area contributed by atoms with E-state index in [0.717, 1.165) is 11.1 Å². The highest BCUT2D eigenvalue weighted by Gasteiger charge is 2.06. The Morgan fingerprint density at radius 1 is 1.17 bits per heavy atom. The van der Waals surface area contributed by atoms with Gasteiger partial charge in [-0.3, -0.25) is 4.79 Å². The van der Waals surface area contributed by atoms with Gasteiger partial charge in [-0.25, -0.2) is 0 Å². The molecule has 4 nitrogen and oxygen atoms in total. The molecule has 1 amide bonds. The molecule has 0 bridgehead atoms. The van der Waals surface area contributed by atoms with E-state index in [9.17, 15) is 13.6 Å². The molecule has 0 spiro atoms. The molecule has 0 aliphatic heterocycles. The molecule has 2 aromatic carbocycles. The van der Waals surface area contributed by atoms with Gasteiger partial charge in [0, 0.05) is 11.6 Å². The number of halogens is 3. The molecule has 0 fully saturated rings. The summed E-state index contributed by atoms with van der Waals surface area (Å²) in [5.41, 5.74) is 1.62. The van der Waals surface area contributed by atoms with E-state index < -0.39 is 6.61 Å². The lowest BCUT2D eigenvalue weighted by Gasteiger charge is -2.09. The normalized spacial score (nSPS) is 10.5. The number of benzene rings is 2. The number of aryl methyl sites for hydroxylation is 1. The Balaban J connectivity index is 1.77. The zero-order valence-corrected chi connectivity index (χ0v) is 13.6. The number of nitrogens with one attached hydrogen (secondary N) is 1. The average Bonchev–Trinajstić information content (AvgIpc) is 2.55. The van der Waals surface area contributed by atoms with E-state index >= 15 is 0 Å². The lowest BCUT2D eigenvalue weighted by atomic mass is 10.2. The number of carbonyl (C=O) groups excluding carboxylic acids is 1. The molecule has 0 unspecified atom stereocenters. The van der Waals surface area contributed by atoms with Gasteiger partial charge in [0.05, 0.1) is 0 Å². The summed E-state index contributed by atoms with van der Waals surface area (Å²) < 4.78 is 33.7. The van der Waals surface area contributed by atoms with Crippen LogP contribution in [-0.4, -0.2) is 19.1 Å². The second-order valence-corrected chi connectivity index (χ2v) is 5.41. The van der Waals surface area contributed by atoms with E-state index in [-0.39, 0.29) is 24.8 Å². The molecule has 0 aliphatic carbocycles. The van der Waals surface area contributed by atoms with Crippen LogP contribution in [0.4, 0.5) is 8.78 Å². The van der Waals surface area contributed by atoms with Crippen LogP contribution in [0.15, 0.2) is 42.5 Å². The fourth-order valence-corrected chi connectivity index (χ4v) is 2.01. The van der Waals surface area contributed by atoms with E-state index in [0.29, 0.717) is 10.8 Å². The van der Waals surface area contributed by atoms with Gasteiger partial charge in [-0.05, 0) is 48.4 Å². The standard InChI is InChI=1S/C17H16ClF2NO3/c1-11-8-14(6-7-15(11)18)23-10-16(22)21-9-12-2-4-13(5-3-12)24-17(19)20/h2-8,17H,9-10H2,1H3,(H,21,22). The van der Waals surface area contributed by atoms with Crippen molar-refractivity contribution < 1.29 is 23.0 Å². The molecule has 24 heavy (non-hydrogen) atoms. The minimum Gasteiger partial charge on any atom is -0.484 e. The number of hydrogen-bond donors (Lipinski definition) is 1. The SMILES string of the molecule is Cc1cc(OCC(=O)NCc2ccc(OC(F)F)cc2)ccc1Cl. The summed E-state index contributed by atoms with van der Waals surface area (Å²) >= 11 is 5.91. The predicted molar refractivity (Wildman–Crippen MR) is 86.6 cm³/mol. The van der Waals surface area contributed by atoms with Gasteiger partial charge in [-0.1, -0.05) is 23.7 Å². The van der Waals surface area contributed by atoms with Crippen molar-refractivity contribution in [1.82, 2.24) is 5.32 Å². The van der Waals surface area contributed by atoms with Crippen LogP contribution in [-0.2, 0) is 11.3 Å². The second-order valence-electron chi connectivity index (χ2n) is 5.00. The zero-order valence-electron chi connectivity index (χ0n) is 12.9. The Labute approximate surface area is 143 Å². The summed E-state index contributed by atoms with van der Waals surface area (Å²) in [6.45, 7) is -0.884. The minimum atomic E-state index is -2.86. The summed E-state index contributed by atoms with van der Waals surface area (Å²) in [6.07, 6.45) is 0. The summed E-state index contributed by atoms with van der Waals surface area (Å²) in [5, 5.41) is 3.31. The highest BCUT2D eigenvalue weighted by atomic mass is 35.5. The molecule has 0 heterocycles. The third kappa shape index (κ3) is 5.70. The Kier molecular flexibility index (Phi) is 6.37. The summed E-state index contributed by atoms with van der Waals surface area (Å²) in [6, 6.07) is 11.2. The van der Waals surface area contributed by atoms with Crippen molar-refractivity contribution in [3.63, 3.8) is 0 Å². The van der Waals surface area contributed by atoms with Crippen molar-refractivity contribution in [2.24, 2.45) is 0 Å². The Morgan fingerprint density at radius 2 is 1.83 bits per heavy atom. The number of hydrogen-bond acceptors (Lipinski definition) is 3. The van der Waals surface area contributed by atoms with Crippen LogP contribution in [0, 0.1) is 6.92 Å². The van der Waals surface area contributed by atoms with Crippen LogP contribution in [0.5, 0.6) is 11.5 Å². The molecule has 0 aliphatic rings. The smallest absolute Gasteiger partial charge is 0.387 e.